The second-order valence-electron chi connectivity index (χ2n) is 4.45. The van der Waals surface area contributed by atoms with Crippen LogP contribution in [0, 0.1) is 5.92 Å². The zero-order valence-electron chi connectivity index (χ0n) is 9.91. The van der Waals surface area contributed by atoms with E-state index in [2.05, 4.69) is 31.0 Å². The van der Waals surface area contributed by atoms with Gasteiger partial charge in [0.05, 0.1) is 6.61 Å². The Kier molecular flexibility index (Phi) is 5.72. The van der Waals surface area contributed by atoms with Gasteiger partial charge in [-0.05, 0) is 25.7 Å². The summed E-state index contributed by atoms with van der Waals surface area (Å²) in [5.41, 5.74) is 1.20. The number of hydrogen-bond donors (Lipinski definition) is 1. The van der Waals surface area contributed by atoms with Crippen molar-refractivity contribution in [3.63, 3.8) is 0 Å². The van der Waals surface area contributed by atoms with Crippen LogP contribution in [0.5, 0.6) is 0 Å². The molecule has 0 aliphatic heterocycles. The summed E-state index contributed by atoms with van der Waals surface area (Å²) in [5, 5.41) is 0. The molecule has 0 heterocycles. The maximum atomic E-state index is 5.15. The lowest BCUT2D eigenvalue weighted by atomic mass is 10.1. The molecule has 0 saturated heterocycles. The topological polar surface area (TPSA) is 12.5 Å². The van der Waals surface area contributed by atoms with E-state index in [1.165, 1.54) is 18.4 Å². The summed E-state index contributed by atoms with van der Waals surface area (Å²) >= 11 is 4.26. The molecule has 0 spiro atoms. The molecule has 1 saturated carbocycles. The Hall–Kier alpha value is 0.01000. The molecule has 0 amide bonds. The first kappa shape index (κ1) is 13.1. The molecule has 1 aliphatic rings. The smallest absolute Gasteiger partial charge is 0.0589 e. The van der Waals surface area contributed by atoms with Gasteiger partial charge in [0.2, 0.25) is 0 Å². The molecule has 0 aromatic carbocycles. The Balaban J connectivity index is 2.39. The quantitative estimate of drug-likeness (QED) is 0.506. The monoisotopic (exact) mass is 229 g/mol. The van der Waals surface area contributed by atoms with Gasteiger partial charge < -0.3 is 4.74 Å². The lowest BCUT2D eigenvalue weighted by molar-refractivity contribution is 0.124. The molecule has 0 aromatic rings. The minimum absolute atomic E-state index is 0.664. The van der Waals surface area contributed by atoms with Gasteiger partial charge in [-0.2, -0.15) is 12.6 Å². The van der Waals surface area contributed by atoms with Gasteiger partial charge >= 0.3 is 0 Å². The third kappa shape index (κ3) is 4.58. The summed E-state index contributed by atoms with van der Waals surface area (Å²) in [6.07, 6.45) is 2.77. The van der Waals surface area contributed by atoms with Crippen LogP contribution in [0.4, 0.5) is 0 Å². The van der Waals surface area contributed by atoms with Crippen LogP contribution >= 0.6 is 12.6 Å². The second kappa shape index (κ2) is 6.56. The maximum absolute atomic E-state index is 5.15. The van der Waals surface area contributed by atoms with Crippen LogP contribution in [0.1, 0.15) is 19.8 Å². The molecule has 1 unspecified atom stereocenters. The molecule has 1 rings (SSSR count). The fourth-order valence-corrected chi connectivity index (χ4v) is 1.95. The van der Waals surface area contributed by atoms with Gasteiger partial charge in [0.15, 0.2) is 0 Å². The Morgan fingerprint density at radius 3 is 2.73 bits per heavy atom. The van der Waals surface area contributed by atoms with Gasteiger partial charge in [-0.25, -0.2) is 0 Å². The van der Waals surface area contributed by atoms with Crippen molar-refractivity contribution in [2.45, 2.75) is 25.8 Å². The minimum atomic E-state index is 0.664. The van der Waals surface area contributed by atoms with E-state index in [1.807, 2.05) is 0 Å². The van der Waals surface area contributed by atoms with Crippen LogP contribution in [0.15, 0.2) is 12.2 Å². The normalized spacial score (nSPS) is 18.1. The van der Waals surface area contributed by atoms with Crippen molar-refractivity contribution >= 4 is 12.6 Å². The third-order valence-electron chi connectivity index (χ3n) is 3.11. The van der Waals surface area contributed by atoms with Crippen molar-refractivity contribution in [1.29, 1.82) is 0 Å². The van der Waals surface area contributed by atoms with Crippen molar-refractivity contribution in [2.75, 3.05) is 32.6 Å². The van der Waals surface area contributed by atoms with Gasteiger partial charge in [-0.1, -0.05) is 12.2 Å². The van der Waals surface area contributed by atoms with Gasteiger partial charge in [-0.3, -0.25) is 4.90 Å². The summed E-state index contributed by atoms with van der Waals surface area (Å²) in [7, 11) is 1.76. The first-order chi connectivity index (χ1) is 7.19. The van der Waals surface area contributed by atoms with E-state index < -0.39 is 0 Å². The third-order valence-corrected chi connectivity index (χ3v) is 3.56. The standard InChI is InChI=1S/C12H23NOS/c1-10(9-15)8-13(6-7-14-3)11(2)12-4-5-12/h11-12,15H,1,4-9H2,2-3H3. The molecule has 3 heteroatoms. The van der Waals surface area contributed by atoms with Crippen molar-refractivity contribution in [1.82, 2.24) is 4.90 Å². The van der Waals surface area contributed by atoms with Crippen LogP contribution in [0.3, 0.4) is 0 Å². The largest absolute Gasteiger partial charge is 0.383 e. The number of hydrogen-bond acceptors (Lipinski definition) is 3. The Bertz CT molecular complexity index is 204. The molecule has 0 aromatic heterocycles. The second-order valence-corrected chi connectivity index (χ2v) is 4.77. The fraction of sp³-hybridized carbons (Fsp3) is 0.833. The zero-order chi connectivity index (χ0) is 11.3. The van der Waals surface area contributed by atoms with Crippen molar-refractivity contribution < 1.29 is 4.74 Å². The average molecular weight is 229 g/mol. The van der Waals surface area contributed by atoms with Gasteiger partial charge in [0.1, 0.15) is 0 Å². The molecular weight excluding hydrogens is 206 g/mol. The van der Waals surface area contributed by atoms with E-state index in [9.17, 15) is 0 Å². The van der Waals surface area contributed by atoms with Crippen LogP contribution in [-0.2, 0) is 4.74 Å². The highest BCUT2D eigenvalue weighted by molar-refractivity contribution is 7.80. The summed E-state index contributed by atoms with van der Waals surface area (Å²) in [6, 6.07) is 0.664. The first-order valence-corrected chi connectivity index (χ1v) is 6.32. The van der Waals surface area contributed by atoms with Crippen molar-refractivity contribution in [3.8, 4) is 0 Å². The Labute approximate surface area is 99.1 Å². The van der Waals surface area contributed by atoms with Gasteiger partial charge in [0, 0.05) is 32.0 Å². The number of rotatable bonds is 8. The molecule has 2 nitrogen and oxygen atoms in total. The maximum Gasteiger partial charge on any atom is 0.0589 e. The molecule has 0 N–H and O–H groups in total. The highest BCUT2D eigenvalue weighted by Gasteiger charge is 2.31. The number of nitrogens with zero attached hydrogens (tertiary/aromatic N) is 1. The average Bonchev–Trinajstić information content (AvgIpc) is 3.06. The summed E-state index contributed by atoms with van der Waals surface area (Å²) in [4.78, 5) is 2.47. The van der Waals surface area contributed by atoms with Crippen LogP contribution in [-0.4, -0.2) is 43.5 Å². The molecule has 15 heavy (non-hydrogen) atoms. The molecule has 1 atom stereocenters. The number of ether oxygens (including phenoxy) is 1. The molecule has 0 radical (unpaired) electrons. The summed E-state index contributed by atoms with van der Waals surface area (Å²) < 4.78 is 5.15. The number of methoxy groups -OCH3 is 1. The number of thiol groups is 1. The summed E-state index contributed by atoms with van der Waals surface area (Å²) in [5.74, 6) is 1.68. The van der Waals surface area contributed by atoms with Gasteiger partial charge in [0.25, 0.3) is 0 Å². The van der Waals surface area contributed by atoms with E-state index in [-0.39, 0.29) is 0 Å². The Morgan fingerprint density at radius 1 is 1.60 bits per heavy atom. The molecular formula is C12H23NOS. The van der Waals surface area contributed by atoms with Crippen LogP contribution in [0.25, 0.3) is 0 Å². The van der Waals surface area contributed by atoms with E-state index in [0.717, 1.165) is 31.4 Å². The molecule has 0 bridgehead atoms. The van der Waals surface area contributed by atoms with E-state index in [0.29, 0.717) is 6.04 Å². The predicted octanol–water partition coefficient (Wildman–Crippen LogP) is 2.22. The van der Waals surface area contributed by atoms with E-state index in [1.54, 1.807) is 7.11 Å². The Morgan fingerprint density at radius 2 is 2.27 bits per heavy atom. The highest BCUT2D eigenvalue weighted by Crippen LogP contribution is 2.35. The zero-order valence-corrected chi connectivity index (χ0v) is 10.8. The molecule has 88 valence electrons. The minimum Gasteiger partial charge on any atom is -0.383 e. The van der Waals surface area contributed by atoms with Gasteiger partial charge in [-0.15, -0.1) is 0 Å². The fourth-order valence-electron chi connectivity index (χ4n) is 1.85. The van der Waals surface area contributed by atoms with Crippen molar-refractivity contribution in [3.05, 3.63) is 12.2 Å². The molecule has 1 fully saturated rings. The van der Waals surface area contributed by atoms with Crippen molar-refractivity contribution in [2.24, 2.45) is 5.92 Å². The van der Waals surface area contributed by atoms with E-state index >= 15 is 0 Å². The van der Waals surface area contributed by atoms with E-state index in [4.69, 9.17) is 4.74 Å². The SMILES string of the molecule is C=C(CS)CN(CCOC)C(C)C1CC1. The highest BCUT2D eigenvalue weighted by atomic mass is 32.1. The lowest BCUT2D eigenvalue weighted by Gasteiger charge is -2.29. The summed E-state index contributed by atoms with van der Waals surface area (Å²) in [6.45, 7) is 9.11. The first-order valence-electron chi connectivity index (χ1n) is 5.69. The van der Waals surface area contributed by atoms with Crippen LogP contribution in [0.2, 0.25) is 0 Å². The molecule has 1 aliphatic carbocycles. The van der Waals surface area contributed by atoms with Crippen LogP contribution < -0.4 is 0 Å². The predicted molar refractivity (Wildman–Crippen MR) is 68.6 cm³/mol. The lowest BCUT2D eigenvalue weighted by Crippen LogP contribution is -2.38.